The zero-order valence-electron chi connectivity index (χ0n) is 12.1. The molecule has 1 aromatic carbocycles. The molecule has 0 bridgehead atoms. The zero-order valence-corrected chi connectivity index (χ0v) is 12.1. The maximum absolute atomic E-state index is 13.0. The highest BCUT2D eigenvalue weighted by Crippen LogP contribution is 2.29. The summed E-state index contributed by atoms with van der Waals surface area (Å²) in [6, 6.07) is 6.64. The summed E-state index contributed by atoms with van der Waals surface area (Å²) < 4.78 is 50.5. The summed E-state index contributed by atoms with van der Waals surface area (Å²) in [6.07, 6.45) is -4.50. The van der Waals surface area contributed by atoms with Gasteiger partial charge >= 0.3 is 12.1 Å². The number of carbonyl (C=O) groups excluding carboxylic acids is 1. The number of hydrogen-bond donors (Lipinski definition) is 1. The SMILES string of the molecule is N#CCN1CC[C@@H](c2ccc(F)cc2)[C@@H](NC(=O)C(F)(F)F)C1. The van der Waals surface area contributed by atoms with Crippen LogP contribution in [0.3, 0.4) is 0 Å². The van der Waals surface area contributed by atoms with E-state index in [0.717, 1.165) is 0 Å². The minimum Gasteiger partial charge on any atom is -0.344 e. The van der Waals surface area contributed by atoms with Crippen LogP contribution in [0.25, 0.3) is 0 Å². The maximum Gasteiger partial charge on any atom is 0.471 e. The molecule has 0 saturated carbocycles. The average Bonchev–Trinajstić information content (AvgIpc) is 2.48. The molecule has 0 spiro atoms. The van der Waals surface area contributed by atoms with Crippen molar-refractivity contribution >= 4 is 5.91 Å². The number of carbonyl (C=O) groups is 1. The lowest BCUT2D eigenvalue weighted by atomic mass is 9.85. The summed E-state index contributed by atoms with van der Waals surface area (Å²) in [5, 5.41) is 10.7. The molecule has 124 valence electrons. The van der Waals surface area contributed by atoms with Gasteiger partial charge in [-0.3, -0.25) is 9.69 Å². The van der Waals surface area contributed by atoms with Gasteiger partial charge in [-0.25, -0.2) is 4.39 Å². The summed E-state index contributed by atoms with van der Waals surface area (Å²) in [4.78, 5) is 12.9. The maximum atomic E-state index is 13.0. The van der Waals surface area contributed by atoms with E-state index in [0.29, 0.717) is 18.5 Å². The molecule has 1 saturated heterocycles. The number of amides is 1. The third-order valence-electron chi connectivity index (χ3n) is 3.86. The number of benzene rings is 1. The van der Waals surface area contributed by atoms with Crippen LogP contribution in [0, 0.1) is 17.1 Å². The number of halogens is 4. The van der Waals surface area contributed by atoms with Crippen LogP contribution in [-0.4, -0.2) is 42.7 Å². The second-order valence-electron chi connectivity index (χ2n) is 5.42. The number of nitriles is 1. The van der Waals surface area contributed by atoms with Crippen LogP contribution < -0.4 is 5.32 Å². The number of hydrogen-bond acceptors (Lipinski definition) is 3. The largest absolute Gasteiger partial charge is 0.471 e. The average molecular weight is 329 g/mol. The van der Waals surface area contributed by atoms with E-state index in [-0.39, 0.29) is 19.0 Å². The van der Waals surface area contributed by atoms with Gasteiger partial charge in [-0.1, -0.05) is 12.1 Å². The third-order valence-corrected chi connectivity index (χ3v) is 3.86. The molecule has 0 aliphatic carbocycles. The van der Waals surface area contributed by atoms with E-state index >= 15 is 0 Å². The molecule has 1 fully saturated rings. The quantitative estimate of drug-likeness (QED) is 0.683. The van der Waals surface area contributed by atoms with Crippen molar-refractivity contribution in [2.24, 2.45) is 0 Å². The molecule has 1 heterocycles. The first kappa shape index (κ1) is 17.2. The highest BCUT2D eigenvalue weighted by molar-refractivity contribution is 5.82. The topological polar surface area (TPSA) is 56.1 Å². The zero-order chi connectivity index (χ0) is 17.0. The number of rotatable bonds is 3. The second kappa shape index (κ2) is 6.96. The number of alkyl halides is 3. The molecule has 0 unspecified atom stereocenters. The van der Waals surface area contributed by atoms with Crippen LogP contribution in [0.4, 0.5) is 17.6 Å². The molecule has 23 heavy (non-hydrogen) atoms. The van der Waals surface area contributed by atoms with Crippen LogP contribution in [0.5, 0.6) is 0 Å². The highest BCUT2D eigenvalue weighted by Gasteiger charge is 2.42. The Kier molecular flexibility index (Phi) is 5.21. The Hall–Kier alpha value is -2.14. The van der Waals surface area contributed by atoms with E-state index in [1.807, 2.05) is 11.4 Å². The molecular formula is C15H15F4N3O. The smallest absolute Gasteiger partial charge is 0.344 e. The summed E-state index contributed by atoms with van der Waals surface area (Å²) in [7, 11) is 0. The van der Waals surface area contributed by atoms with Crippen LogP contribution in [0.2, 0.25) is 0 Å². The van der Waals surface area contributed by atoms with Gasteiger partial charge in [0, 0.05) is 18.5 Å². The van der Waals surface area contributed by atoms with Crippen molar-refractivity contribution in [1.29, 1.82) is 5.26 Å². The van der Waals surface area contributed by atoms with Crippen molar-refractivity contribution < 1.29 is 22.4 Å². The molecule has 2 atom stereocenters. The molecule has 1 aliphatic rings. The molecule has 1 N–H and O–H groups in total. The Balaban J connectivity index is 2.19. The monoisotopic (exact) mass is 329 g/mol. The normalized spacial score (nSPS) is 22.4. The van der Waals surface area contributed by atoms with Gasteiger partial charge in [-0.15, -0.1) is 0 Å². The fraction of sp³-hybridized carbons (Fsp3) is 0.467. The lowest BCUT2D eigenvalue weighted by molar-refractivity contribution is -0.174. The van der Waals surface area contributed by atoms with E-state index in [2.05, 4.69) is 0 Å². The molecule has 0 radical (unpaired) electrons. The number of nitrogens with one attached hydrogen (secondary N) is 1. The van der Waals surface area contributed by atoms with Crippen molar-refractivity contribution in [3.05, 3.63) is 35.6 Å². The first-order chi connectivity index (χ1) is 10.8. The van der Waals surface area contributed by atoms with Crippen LogP contribution >= 0.6 is 0 Å². The van der Waals surface area contributed by atoms with Gasteiger partial charge in [-0.2, -0.15) is 18.4 Å². The minimum atomic E-state index is -4.97. The Morgan fingerprint density at radius 2 is 2.00 bits per heavy atom. The van der Waals surface area contributed by atoms with Gasteiger partial charge in [0.05, 0.1) is 12.6 Å². The van der Waals surface area contributed by atoms with Crippen LogP contribution in [-0.2, 0) is 4.79 Å². The van der Waals surface area contributed by atoms with Crippen molar-refractivity contribution in [1.82, 2.24) is 10.2 Å². The fourth-order valence-electron chi connectivity index (χ4n) is 2.77. The molecular weight excluding hydrogens is 314 g/mol. The molecule has 1 aliphatic heterocycles. The van der Waals surface area contributed by atoms with Crippen LogP contribution in [0.1, 0.15) is 17.9 Å². The minimum absolute atomic E-state index is 0.0779. The van der Waals surface area contributed by atoms with E-state index in [4.69, 9.17) is 5.26 Å². The van der Waals surface area contributed by atoms with Gasteiger partial charge in [0.25, 0.3) is 0 Å². The first-order valence-corrected chi connectivity index (χ1v) is 7.03. The van der Waals surface area contributed by atoms with Gasteiger partial charge < -0.3 is 5.32 Å². The Bertz CT molecular complexity index is 594. The molecule has 1 aromatic rings. The van der Waals surface area contributed by atoms with Gasteiger partial charge in [0.15, 0.2) is 0 Å². The number of nitrogens with zero attached hydrogens (tertiary/aromatic N) is 2. The summed E-state index contributed by atoms with van der Waals surface area (Å²) >= 11 is 0. The molecule has 0 aromatic heterocycles. The van der Waals surface area contributed by atoms with E-state index in [9.17, 15) is 22.4 Å². The lowest BCUT2D eigenvalue weighted by Crippen LogP contribution is -2.54. The Morgan fingerprint density at radius 1 is 1.35 bits per heavy atom. The molecule has 1 amide bonds. The van der Waals surface area contributed by atoms with Crippen molar-refractivity contribution in [3.63, 3.8) is 0 Å². The van der Waals surface area contributed by atoms with Gasteiger partial charge in [-0.05, 0) is 30.7 Å². The first-order valence-electron chi connectivity index (χ1n) is 7.03. The predicted octanol–water partition coefficient (Wildman–Crippen LogP) is 2.19. The summed E-state index contributed by atoms with van der Waals surface area (Å²) in [6.45, 7) is 0.736. The number of piperidine rings is 1. The van der Waals surface area contributed by atoms with Crippen molar-refractivity contribution in [2.45, 2.75) is 24.6 Å². The third kappa shape index (κ3) is 4.42. The number of likely N-dealkylation sites (tertiary alicyclic amines) is 1. The van der Waals surface area contributed by atoms with Gasteiger partial charge in [0.1, 0.15) is 5.82 Å². The predicted molar refractivity (Wildman–Crippen MR) is 73.8 cm³/mol. The Labute approximate surface area is 130 Å². The summed E-state index contributed by atoms with van der Waals surface area (Å²) in [5.74, 6) is -2.81. The fourth-order valence-corrected chi connectivity index (χ4v) is 2.77. The summed E-state index contributed by atoms with van der Waals surface area (Å²) in [5.41, 5.74) is 0.662. The van der Waals surface area contributed by atoms with Crippen molar-refractivity contribution in [3.8, 4) is 6.07 Å². The molecule has 8 heteroatoms. The molecule has 4 nitrogen and oxygen atoms in total. The van der Waals surface area contributed by atoms with E-state index < -0.39 is 23.9 Å². The molecule has 2 rings (SSSR count). The van der Waals surface area contributed by atoms with E-state index in [1.165, 1.54) is 24.3 Å². The van der Waals surface area contributed by atoms with Crippen LogP contribution in [0.15, 0.2) is 24.3 Å². The van der Waals surface area contributed by atoms with Gasteiger partial charge in [0.2, 0.25) is 0 Å². The lowest BCUT2D eigenvalue weighted by Gasteiger charge is -2.38. The Morgan fingerprint density at radius 3 is 2.57 bits per heavy atom. The van der Waals surface area contributed by atoms with Crippen molar-refractivity contribution in [2.75, 3.05) is 19.6 Å². The van der Waals surface area contributed by atoms with E-state index in [1.54, 1.807) is 4.90 Å². The standard InChI is InChI=1S/C15H15F4N3O/c16-11-3-1-10(2-4-11)12-5-7-22(8-6-20)9-13(12)21-14(23)15(17,18)19/h1-4,12-13H,5,7-9H2,(H,21,23)/t12-,13-/m0/s1. The second-order valence-corrected chi connectivity index (χ2v) is 5.42. The highest BCUT2D eigenvalue weighted by atomic mass is 19.4.